The second-order valence-electron chi connectivity index (χ2n) is 5.98. The Balaban J connectivity index is 2.11. The quantitative estimate of drug-likeness (QED) is 0.800. The maximum atomic E-state index is 12.0. The van der Waals surface area contributed by atoms with Crippen LogP contribution in [0.25, 0.3) is 0 Å². The summed E-state index contributed by atoms with van der Waals surface area (Å²) in [5.41, 5.74) is 1.52. The van der Waals surface area contributed by atoms with Crippen molar-refractivity contribution in [1.29, 1.82) is 0 Å². The zero-order chi connectivity index (χ0) is 14.9. The number of amides is 1. The van der Waals surface area contributed by atoms with Crippen molar-refractivity contribution in [2.75, 3.05) is 12.5 Å². The average molecular weight is 295 g/mol. The van der Waals surface area contributed by atoms with Crippen molar-refractivity contribution in [2.45, 2.75) is 39.5 Å². The molecule has 0 unspecified atom stereocenters. The second kappa shape index (κ2) is 5.52. The maximum Gasteiger partial charge on any atom is 0.410 e. The van der Waals surface area contributed by atoms with Crippen LogP contribution in [0.4, 0.5) is 10.6 Å². The molecule has 0 atom stereocenters. The molecule has 1 aromatic rings. The first-order valence-corrected chi connectivity index (χ1v) is 8.50. The molecule has 1 aliphatic rings. The Labute approximate surface area is 122 Å². The predicted octanol–water partition coefficient (Wildman–Crippen LogP) is 3.03. The van der Waals surface area contributed by atoms with Crippen LogP contribution in [-0.4, -0.2) is 34.1 Å². The molecule has 1 aliphatic heterocycles. The summed E-state index contributed by atoms with van der Waals surface area (Å²) in [4.78, 5) is 18.2. The molecule has 1 aromatic heterocycles. The summed E-state index contributed by atoms with van der Waals surface area (Å²) in [7, 11) is -0.0367. The van der Waals surface area contributed by atoms with Gasteiger partial charge in [-0.1, -0.05) is 16.8 Å². The lowest BCUT2D eigenvalue weighted by atomic mass is 10.2. The van der Waals surface area contributed by atoms with Gasteiger partial charge in [0.1, 0.15) is 5.60 Å². The normalized spacial score (nSPS) is 14.4. The van der Waals surface area contributed by atoms with E-state index in [1.165, 1.54) is 0 Å². The number of ether oxygens (including phenoxy) is 1. The van der Waals surface area contributed by atoms with Crippen molar-refractivity contribution in [3.8, 4) is 0 Å². The molecule has 0 fully saturated rings. The zero-order valence-corrected chi connectivity index (χ0v) is 13.5. The molecule has 110 valence electrons. The monoisotopic (exact) mass is 295 g/mol. The number of aromatic nitrogens is 1. The van der Waals surface area contributed by atoms with Gasteiger partial charge in [0.15, 0.2) is 5.82 Å². The van der Waals surface area contributed by atoms with E-state index in [1.807, 2.05) is 45.4 Å². The van der Waals surface area contributed by atoms with E-state index in [4.69, 9.17) is 4.74 Å². The SMILES string of the molecule is CS(C)=Nc1ccc2c(n1)CN(C(=O)OC(C)(C)C)C2. The summed E-state index contributed by atoms with van der Waals surface area (Å²) in [6.45, 7) is 6.66. The van der Waals surface area contributed by atoms with Crippen LogP contribution < -0.4 is 0 Å². The Morgan fingerprint density at radius 3 is 2.65 bits per heavy atom. The Morgan fingerprint density at radius 2 is 2.05 bits per heavy atom. The first-order valence-electron chi connectivity index (χ1n) is 6.51. The summed E-state index contributed by atoms with van der Waals surface area (Å²) < 4.78 is 9.83. The fourth-order valence-electron chi connectivity index (χ4n) is 1.94. The van der Waals surface area contributed by atoms with Crippen molar-refractivity contribution in [3.63, 3.8) is 0 Å². The van der Waals surface area contributed by atoms with Crippen LogP contribution in [0.15, 0.2) is 16.5 Å². The molecular weight excluding hydrogens is 274 g/mol. The molecular formula is C14H21N3O2S. The minimum Gasteiger partial charge on any atom is -0.444 e. The molecule has 0 bridgehead atoms. The van der Waals surface area contributed by atoms with Gasteiger partial charge >= 0.3 is 6.09 Å². The van der Waals surface area contributed by atoms with E-state index in [1.54, 1.807) is 4.90 Å². The van der Waals surface area contributed by atoms with Gasteiger partial charge in [-0.05, 0) is 44.9 Å². The highest BCUT2D eigenvalue weighted by Gasteiger charge is 2.28. The number of pyridine rings is 1. The van der Waals surface area contributed by atoms with Gasteiger partial charge < -0.3 is 4.74 Å². The van der Waals surface area contributed by atoms with E-state index >= 15 is 0 Å². The molecule has 0 saturated heterocycles. The topological polar surface area (TPSA) is 54.8 Å². The van der Waals surface area contributed by atoms with Gasteiger partial charge in [-0.15, -0.1) is 0 Å². The fourth-order valence-corrected chi connectivity index (χ4v) is 2.41. The molecule has 0 aromatic carbocycles. The van der Waals surface area contributed by atoms with E-state index in [0.717, 1.165) is 17.1 Å². The van der Waals surface area contributed by atoms with E-state index in [-0.39, 0.29) is 16.8 Å². The standard InChI is InChI=1S/C14H21N3O2S/c1-14(2,3)19-13(18)17-8-10-6-7-12(16-20(4)5)15-11(10)9-17/h6-7H,8-9H2,1-5H3. The largest absolute Gasteiger partial charge is 0.444 e. The number of nitrogens with zero attached hydrogens (tertiary/aromatic N) is 3. The van der Waals surface area contributed by atoms with Crippen molar-refractivity contribution in [1.82, 2.24) is 9.88 Å². The molecule has 0 aliphatic carbocycles. The summed E-state index contributed by atoms with van der Waals surface area (Å²) >= 11 is 0. The lowest BCUT2D eigenvalue weighted by molar-refractivity contribution is 0.0240. The van der Waals surface area contributed by atoms with Crippen LogP contribution in [0.5, 0.6) is 0 Å². The molecule has 0 saturated carbocycles. The molecule has 20 heavy (non-hydrogen) atoms. The zero-order valence-electron chi connectivity index (χ0n) is 12.6. The molecule has 2 heterocycles. The average Bonchev–Trinajstić information content (AvgIpc) is 2.68. The summed E-state index contributed by atoms with van der Waals surface area (Å²) in [5.74, 6) is 0.739. The molecule has 5 nitrogen and oxygen atoms in total. The van der Waals surface area contributed by atoms with Crippen LogP contribution in [-0.2, 0) is 28.5 Å². The lowest BCUT2D eigenvalue weighted by Crippen LogP contribution is -2.33. The first-order chi connectivity index (χ1) is 9.24. The van der Waals surface area contributed by atoms with Gasteiger partial charge in [-0.25, -0.2) is 14.1 Å². The third-order valence-electron chi connectivity index (χ3n) is 2.68. The number of fused-ring (bicyclic) bond motifs is 1. The van der Waals surface area contributed by atoms with Crippen molar-refractivity contribution >= 4 is 22.6 Å². The number of carbonyl (C=O) groups is 1. The van der Waals surface area contributed by atoms with Crippen LogP contribution in [0.2, 0.25) is 0 Å². The van der Waals surface area contributed by atoms with Gasteiger partial charge in [0.25, 0.3) is 0 Å². The molecule has 2 rings (SSSR count). The fraction of sp³-hybridized carbons (Fsp3) is 0.571. The molecule has 6 heteroatoms. The lowest BCUT2D eigenvalue weighted by Gasteiger charge is -2.23. The molecule has 0 spiro atoms. The van der Waals surface area contributed by atoms with Crippen molar-refractivity contribution in [2.24, 2.45) is 4.36 Å². The van der Waals surface area contributed by atoms with Gasteiger partial charge in [0, 0.05) is 0 Å². The van der Waals surface area contributed by atoms with Gasteiger partial charge in [-0.3, -0.25) is 4.90 Å². The summed E-state index contributed by atoms with van der Waals surface area (Å²) in [5, 5.41) is 0. The minimum absolute atomic E-state index is 0.0367. The van der Waals surface area contributed by atoms with Crippen LogP contribution in [0.1, 0.15) is 32.0 Å². The van der Waals surface area contributed by atoms with Crippen LogP contribution in [0.3, 0.4) is 0 Å². The predicted molar refractivity (Wildman–Crippen MR) is 81.0 cm³/mol. The maximum absolute atomic E-state index is 12.0. The smallest absolute Gasteiger partial charge is 0.410 e. The Hall–Kier alpha value is -1.43. The molecule has 0 N–H and O–H groups in total. The Kier molecular flexibility index (Phi) is 4.13. The van der Waals surface area contributed by atoms with Gasteiger partial charge in [0.05, 0.1) is 18.8 Å². The van der Waals surface area contributed by atoms with Gasteiger partial charge in [-0.2, -0.15) is 0 Å². The van der Waals surface area contributed by atoms with E-state index in [2.05, 4.69) is 9.35 Å². The van der Waals surface area contributed by atoms with Crippen LogP contribution in [0, 0.1) is 0 Å². The summed E-state index contributed by atoms with van der Waals surface area (Å²) in [6, 6.07) is 3.91. The van der Waals surface area contributed by atoms with E-state index in [0.29, 0.717) is 13.1 Å². The highest BCUT2D eigenvalue weighted by Crippen LogP contribution is 2.25. The van der Waals surface area contributed by atoms with Crippen molar-refractivity contribution in [3.05, 3.63) is 23.4 Å². The van der Waals surface area contributed by atoms with E-state index < -0.39 is 5.60 Å². The second-order valence-corrected chi connectivity index (χ2v) is 7.71. The molecule has 1 amide bonds. The van der Waals surface area contributed by atoms with Crippen LogP contribution >= 0.6 is 0 Å². The van der Waals surface area contributed by atoms with E-state index in [9.17, 15) is 4.79 Å². The Bertz CT molecular complexity index is 560. The first kappa shape index (κ1) is 15.0. The minimum atomic E-state index is -0.474. The van der Waals surface area contributed by atoms with Gasteiger partial charge in [0.2, 0.25) is 0 Å². The number of rotatable bonds is 1. The van der Waals surface area contributed by atoms with Crippen molar-refractivity contribution < 1.29 is 9.53 Å². The highest BCUT2D eigenvalue weighted by molar-refractivity contribution is 7.85. The third-order valence-corrected chi connectivity index (χ3v) is 3.24. The number of hydrogen-bond acceptors (Lipinski definition) is 4. The third kappa shape index (κ3) is 3.79. The Morgan fingerprint density at radius 1 is 1.35 bits per heavy atom. The highest BCUT2D eigenvalue weighted by atomic mass is 32.2. The number of hydrogen-bond donors (Lipinski definition) is 0. The number of carbonyl (C=O) groups excluding carboxylic acids is 1. The summed E-state index contributed by atoms with van der Waals surface area (Å²) in [6.07, 6.45) is 3.80. The molecule has 0 radical (unpaired) electrons.